The first kappa shape index (κ1) is 8.20. The summed E-state index contributed by atoms with van der Waals surface area (Å²) in [7, 11) is 1.58. The molecule has 0 amide bonds. The van der Waals surface area contributed by atoms with E-state index in [9.17, 15) is 4.79 Å². The Bertz CT molecular complexity index is 755. The molecule has 0 aliphatic rings. The number of rotatable bonds is 4. The standard InChI is InChI=1S/C16H18O3/c1-4-19-16(17)11(2)12-5-6-14-10-15(18-3)8-7-13(14)9-12/h5-11H,4H2,1-3H3/t11-/m0/s1/i1D3,4D2. The molecule has 3 heteroatoms. The van der Waals surface area contributed by atoms with Crippen molar-refractivity contribution in [2.45, 2.75) is 19.7 Å². The molecule has 100 valence electrons. The van der Waals surface area contributed by atoms with Crippen LogP contribution >= 0.6 is 0 Å². The lowest BCUT2D eigenvalue weighted by Crippen LogP contribution is -2.12. The van der Waals surface area contributed by atoms with E-state index in [1.807, 2.05) is 18.2 Å². The van der Waals surface area contributed by atoms with Crippen molar-refractivity contribution in [2.24, 2.45) is 0 Å². The molecule has 0 heterocycles. The Balaban J connectivity index is 2.24. The summed E-state index contributed by atoms with van der Waals surface area (Å²) in [6.07, 6.45) is 0. The molecule has 0 aliphatic heterocycles. The zero-order chi connectivity index (χ0) is 18.1. The van der Waals surface area contributed by atoms with Crippen LogP contribution in [-0.2, 0) is 9.53 Å². The third-order valence-electron chi connectivity index (χ3n) is 3.08. The molecule has 0 fully saturated rings. The van der Waals surface area contributed by atoms with Gasteiger partial charge in [-0.05, 0) is 42.2 Å². The van der Waals surface area contributed by atoms with E-state index in [0.29, 0.717) is 11.3 Å². The summed E-state index contributed by atoms with van der Waals surface area (Å²) in [5, 5.41) is 1.81. The highest BCUT2D eigenvalue weighted by atomic mass is 16.5. The molecular weight excluding hydrogens is 240 g/mol. The Kier molecular flexibility index (Phi) is 2.48. The number of benzene rings is 2. The maximum atomic E-state index is 12.1. The normalized spacial score (nSPS) is 17.5. The lowest BCUT2D eigenvalue weighted by Gasteiger charge is -2.12. The number of hydrogen-bond donors (Lipinski definition) is 0. The van der Waals surface area contributed by atoms with E-state index < -0.39 is 25.3 Å². The number of hydrogen-bond acceptors (Lipinski definition) is 3. The van der Waals surface area contributed by atoms with Crippen LogP contribution < -0.4 is 4.74 Å². The molecular formula is C16H18O3. The second kappa shape index (κ2) is 5.74. The molecule has 19 heavy (non-hydrogen) atoms. The Morgan fingerprint density at radius 2 is 2.05 bits per heavy atom. The van der Waals surface area contributed by atoms with Crippen LogP contribution in [0, 0.1) is 0 Å². The average Bonchev–Trinajstić information content (AvgIpc) is 2.51. The molecule has 0 bridgehead atoms. The number of esters is 1. The highest BCUT2D eigenvalue weighted by Crippen LogP contribution is 2.25. The van der Waals surface area contributed by atoms with Crippen LogP contribution in [0.3, 0.4) is 0 Å². The van der Waals surface area contributed by atoms with Crippen molar-refractivity contribution < 1.29 is 21.1 Å². The molecule has 2 rings (SSSR count). The van der Waals surface area contributed by atoms with Crippen LogP contribution in [0.15, 0.2) is 36.4 Å². The highest BCUT2D eigenvalue weighted by molar-refractivity contribution is 5.86. The van der Waals surface area contributed by atoms with Gasteiger partial charge in [0.2, 0.25) is 0 Å². The van der Waals surface area contributed by atoms with E-state index in [1.165, 1.54) is 0 Å². The predicted molar refractivity (Wildman–Crippen MR) is 75.5 cm³/mol. The van der Waals surface area contributed by atoms with Crippen LogP contribution in [0.4, 0.5) is 0 Å². The van der Waals surface area contributed by atoms with Gasteiger partial charge in [-0.25, -0.2) is 0 Å². The van der Waals surface area contributed by atoms with Gasteiger partial charge in [-0.3, -0.25) is 4.79 Å². The van der Waals surface area contributed by atoms with E-state index in [-0.39, 0.29) is 0 Å². The highest BCUT2D eigenvalue weighted by Gasteiger charge is 2.16. The summed E-state index contributed by atoms with van der Waals surface area (Å²) in [4.78, 5) is 12.1. The number of fused-ring (bicyclic) bond motifs is 1. The molecule has 0 saturated heterocycles. The first-order chi connectivity index (χ1) is 11.0. The van der Waals surface area contributed by atoms with Gasteiger partial charge in [-0.15, -0.1) is 0 Å². The van der Waals surface area contributed by atoms with E-state index in [1.54, 1.807) is 32.2 Å². The lowest BCUT2D eigenvalue weighted by molar-refractivity contribution is -0.144. The zero-order valence-electron chi connectivity index (χ0n) is 15.8. The van der Waals surface area contributed by atoms with Gasteiger partial charge in [0, 0.05) is 4.11 Å². The minimum Gasteiger partial charge on any atom is -0.497 e. The van der Waals surface area contributed by atoms with Crippen molar-refractivity contribution in [3.63, 3.8) is 0 Å². The van der Waals surface area contributed by atoms with Crippen LogP contribution in [0.5, 0.6) is 5.75 Å². The Hall–Kier alpha value is -2.03. The minimum absolute atomic E-state index is 0.610. The second-order valence-corrected chi connectivity index (χ2v) is 4.22. The Labute approximate surface area is 120 Å². The molecule has 0 unspecified atom stereocenters. The number of carbonyl (C=O) groups is 1. The van der Waals surface area contributed by atoms with Crippen LogP contribution in [0.2, 0.25) is 0 Å². The van der Waals surface area contributed by atoms with Gasteiger partial charge in [0.1, 0.15) is 5.75 Å². The van der Waals surface area contributed by atoms with E-state index in [0.717, 1.165) is 10.8 Å². The molecule has 0 saturated carbocycles. The molecule has 0 N–H and O–H groups in total. The minimum atomic E-state index is -3.04. The van der Waals surface area contributed by atoms with Crippen molar-refractivity contribution in [3.8, 4) is 5.75 Å². The Morgan fingerprint density at radius 3 is 2.79 bits per heavy atom. The second-order valence-electron chi connectivity index (χ2n) is 4.22. The third kappa shape index (κ3) is 2.87. The molecule has 0 radical (unpaired) electrons. The smallest absolute Gasteiger partial charge is 0.313 e. The zero-order valence-corrected chi connectivity index (χ0v) is 10.8. The van der Waals surface area contributed by atoms with Crippen LogP contribution in [0.25, 0.3) is 10.8 Å². The van der Waals surface area contributed by atoms with Gasteiger partial charge < -0.3 is 9.47 Å². The van der Waals surface area contributed by atoms with Gasteiger partial charge in [0.05, 0.1) is 22.3 Å². The molecule has 1 atom stereocenters. The van der Waals surface area contributed by atoms with E-state index in [2.05, 4.69) is 4.74 Å². The van der Waals surface area contributed by atoms with Gasteiger partial charge in [0.25, 0.3) is 0 Å². The number of methoxy groups -OCH3 is 1. The van der Waals surface area contributed by atoms with E-state index >= 15 is 0 Å². The third-order valence-corrected chi connectivity index (χ3v) is 3.08. The monoisotopic (exact) mass is 263 g/mol. The molecule has 0 aromatic heterocycles. The van der Waals surface area contributed by atoms with Crippen molar-refractivity contribution in [1.82, 2.24) is 0 Å². The average molecular weight is 263 g/mol. The quantitative estimate of drug-likeness (QED) is 0.792. The maximum Gasteiger partial charge on any atom is 0.313 e. The van der Waals surface area contributed by atoms with Crippen molar-refractivity contribution in [3.05, 3.63) is 42.0 Å². The summed E-state index contributed by atoms with van der Waals surface area (Å²) in [5.74, 6) is -1.01. The van der Waals surface area contributed by atoms with Crippen LogP contribution in [0.1, 0.15) is 32.1 Å². The van der Waals surface area contributed by atoms with Gasteiger partial charge in [-0.1, -0.05) is 24.3 Å². The summed E-state index contributed by atoms with van der Waals surface area (Å²) in [5.41, 5.74) is 0.610. The van der Waals surface area contributed by atoms with Crippen molar-refractivity contribution >= 4 is 16.7 Å². The fraction of sp³-hybridized carbons (Fsp3) is 0.312. The van der Waals surface area contributed by atoms with Crippen molar-refractivity contribution in [1.29, 1.82) is 0 Å². The SMILES string of the molecule is [2H]C([2H])([2H])C([2H])([2H])OC(=O)[C@@H](C)c1ccc2cc(OC)ccc2c1. The molecule has 2 aromatic carbocycles. The largest absolute Gasteiger partial charge is 0.497 e. The predicted octanol–water partition coefficient (Wildman–Crippen LogP) is 3.52. The van der Waals surface area contributed by atoms with Gasteiger partial charge >= 0.3 is 5.97 Å². The fourth-order valence-corrected chi connectivity index (χ4v) is 1.91. The first-order valence-corrected chi connectivity index (χ1v) is 5.86. The lowest BCUT2D eigenvalue weighted by atomic mass is 9.98. The Morgan fingerprint density at radius 1 is 1.32 bits per heavy atom. The van der Waals surface area contributed by atoms with Gasteiger partial charge in [-0.2, -0.15) is 0 Å². The number of carbonyl (C=O) groups excluding carboxylic acids is 1. The summed E-state index contributed by atoms with van der Waals surface area (Å²) < 4.78 is 45.8. The summed E-state index contributed by atoms with van der Waals surface area (Å²) >= 11 is 0. The molecule has 2 aromatic rings. The number of ether oxygens (including phenoxy) is 2. The molecule has 3 nitrogen and oxygen atoms in total. The molecule has 0 spiro atoms. The topological polar surface area (TPSA) is 35.5 Å². The van der Waals surface area contributed by atoms with E-state index in [4.69, 9.17) is 11.6 Å². The first-order valence-electron chi connectivity index (χ1n) is 8.36. The van der Waals surface area contributed by atoms with Gasteiger partial charge in [0.15, 0.2) is 0 Å². The molecule has 0 aliphatic carbocycles. The van der Waals surface area contributed by atoms with Crippen LogP contribution in [-0.4, -0.2) is 19.6 Å². The summed E-state index contributed by atoms with van der Waals surface area (Å²) in [6.45, 7) is -4.52. The fourth-order valence-electron chi connectivity index (χ4n) is 1.91. The van der Waals surface area contributed by atoms with Crippen molar-refractivity contribution in [2.75, 3.05) is 13.7 Å². The summed E-state index contributed by atoms with van der Waals surface area (Å²) in [6, 6.07) is 10.8. The maximum absolute atomic E-state index is 12.1.